The number of nitrogens with zero attached hydrogens (tertiary/aromatic N) is 2. The smallest absolute Gasteiger partial charge is 0.262 e. The predicted molar refractivity (Wildman–Crippen MR) is 118 cm³/mol. The number of rotatable bonds is 7. The first-order chi connectivity index (χ1) is 15.1. The molecule has 1 aliphatic carbocycles. The fraction of sp³-hybridized carbons (Fsp3) is 0.364. The summed E-state index contributed by atoms with van der Waals surface area (Å²) < 4.78 is 6.57. The number of fused-ring (bicyclic) bond motifs is 3. The monoisotopic (exact) mass is 440 g/mol. The molecule has 0 unspecified atom stereocenters. The molecule has 3 aromatic rings. The Morgan fingerprint density at radius 1 is 1.16 bits per heavy atom. The minimum atomic E-state index is -0.417. The van der Waals surface area contributed by atoms with Crippen molar-refractivity contribution in [3.05, 3.63) is 57.0 Å². The van der Waals surface area contributed by atoms with Gasteiger partial charge in [-0.3, -0.25) is 19.0 Å². The van der Waals surface area contributed by atoms with Crippen molar-refractivity contribution in [1.82, 2.24) is 20.2 Å². The number of methoxy groups -OCH3 is 1. The third-order valence-electron chi connectivity index (χ3n) is 5.37. The highest BCUT2D eigenvalue weighted by Crippen LogP contribution is 2.33. The SMILES string of the molecule is COc1ccccc1CNC(=O)CNC(=O)Cn1cnc2sc3c(c2c1=O)CCCC3. The number of para-hydroxylation sites is 1. The highest BCUT2D eigenvalue weighted by Gasteiger charge is 2.20. The second-order valence-electron chi connectivity index (χ2n) is 7.43. The van der Waals surface area contributed by atoms with Gasteiger partial charge >= 0.3 is 0 Å². The number of ether oxygens (including phenoxy) is 1. The van der Waals surface area contributed by atoms with Crippen LogP contribution in [0.3, 0.4) is 0 Å². The maximum Gasteiger partial charge on any atom is 0.262 e. The second-order valence-corrected chi connectivity index (χ2v) is 8.52. The lowest BCUT2D eigenvalue weighted by Crippen LogP contribution is -2.39. The Kier molecular flexibility index (Phi) is 6.31. The molecular formula is C22H24N4O4S. The van der Waals surface area contributed by atoms with E-state index in [0.717, 1.165) is 41.6 Å². The summed E-state index contributed by atoms with van der Waals surface area (Å²) in [5.41, 5.74) is 1.74. The Morgan fingerprint density at radius 2 is 1.97 bits per heavy atom. The summed E-state index contributed by atoms with van der Waals surface area (Å²) in [6.07, 6.45) is 5.48. The summed E-state index contributed by atoms with van der Waals surface area (Å²) in [6.45, 7) is -0.0551. The minimum absolute atomic E-state index is 0.174. The van der Waals surface area contributed by atoms with E-state index >= 15 is 0 Å². The molecule has 0 fully saturated rings. The Balaban J connectivity index is 1.34. The van der Waals surface area contributed by atoms with Crippen molar-refractivity contribution in [2.75, 3.05) is 13.7 Å². The van der Waals surface area contributed by atoms with E-state index in [2.05, 4.69) is 15.6 Å². The summed E-state index contributed by atoms with van der Waals surface area (Å²) in [5.74, 6) is -0.0587. The van der Waals surface area contributed by atoms with Gasteiger partial charge in [-0.2, -0.15) is 0 Å². The number of benzene rings is 1. The van der Waals surface area contributed by atoms with Crippen LogP contribution in [-0.2, 0) is 35.5 Å². The van der Waals surface area contributed by atoms with Crippen LogP contribution in [0.25, 0.3) is 10.2 Å². The molecule has 9 heteroatoms. The standard InChI is InChI=1S/C22H24N4O4S/c1-30-16-8-4-2-6-14(16)10-23-18(27)11-24-19(28)12-26-13-25-21-20(22(26)29)15-7-3-5-9-17(15)31-21/h2,4,6,8,13H,3,5,7,9-12H2,1H3,(H,23,27)(H,24,28). The third kappa shape index (κ3) is 4.61. The van der Waals surface area contributed by atoms with Crippen molar-refractivity contribution in [3.63, 3.8) is 0 Å². The van der Waals surface area contributed by atoms with E-state index in [9.17, 15) is 14.4 Å². The van der Waals surface area contributed by atoms with Gasteiger partial charge in [0.1, 0.15) is 17.1 Å². The molecule has 2 aromatic heterocycles. The summed E-state index contributed by atoms with van der Waals surface area (Å²) in [6, 6.07) is 7.39. The minimum Gasteiger partial charge on any atom is -0.496 e. The van der Waals surface area contributed by atoms with E-state index < -0.39 is 5.91 Å². The lowest BCUT2D eigenvalue weighted by molar-refractivity contribution is -0.126. The molecule has 8 nitrogen and oxygen atoms in total. The van der Waals surface area contributed by atoms with Crippen molar-refractivity contribution in [2.45, 2.75) is 38.8 Å². The average molecular weight is 441 g/mol. The van der Waals surface area contributed by atoms with Crippen molar-refractivity contribution in [2.24, 2.45) is 0 Å². The molecular weight excluding hydrogens is 416 g/mol. The van der Waals surface area contributed by atoms with E-state index in [-0.39, 0.29) is 24.6 Å². The van der Waals surface area contributed by atoms with Crippen LogP contribution in [-0.4, -0.2) is 35.0 Å². The van der Waals surface area contributed by atoms with Crippen molar-refractivity contribution in [3.8, 4) is 5.75 Å². The number of carbonyl (C=O) groups is 2. The van der Waals surface area contributed by atoms with Crippen LogP contribution in [0.1, 0.15) is 28.8 Å². The predicted octanol–water partition coefficient (Wildman–Crippen LogP) is 1.78. The van der Waals surface area contributed by atoms with Gasteiger partial charge in [-0.15, -0.1) is 11.3 Å². The van der Waals surface area contributed by atoms with Crippen LogP contribution < -0.4 is 20.9 Å². The zero-order valence-corrected chi connectivity index (χ0v) is 18.1. The van der Waals surface area contributed by atoms with Crippen molar-refractivity contribution in [1.29, 1.82) is 0 Å². The second kappa shape index (κ2) is 9.30. The van der Waals surface area contributed by atoms with E-state index in [1.165, 1.54) is 15.8 Å². The zero-order chi connectivity index (χ0) is 21.8. The fourth-order valence-corrected chi connectivity index (χ4v) is 5.01. The molecule has 0 saturated carbocycles. The van der Waals surface area contributed by atoms with Crippen LogP contribution in [0.4, 0.5) is 0 Å². The maximum absolute atomic E-state index is 12.9. The topological polar surface area (TPSA) is 102 Å². The maximum atomic E-state index is 12.9. The largest absolute Gasteiger partial charge is 0.496 e. The Hall–Kier alpha value is -3.20. The van der Waals surface area contributed by atoms with Crippen LogP contribution >= 0.6 is 11.3 Å². The van der Waals surface area contributed by atoms with Crippen LogP contribution in [0.2, 0.25) is 0 Å². The number of thiophene rings is 1. The number of aryl methyl sites for hydroxylation is 2. The first-order valence-electron chi connectivity index (χ1n) is 10.2. The molecule has 2 amide bonds. The van der Waals surface area contributed by atoms with Crippen LogP contribution in [0, 0.1) is 0 Å². The van der Waals surface area contributed by atoms with Gasteiger partial charge in [0.2, 0.25) is 11.8 Å². The van der Waals surface area contributed by atoms with Crippen LogP contribution in [0.15, 0.2) is 35.4 Å². The van der Waals surface area contributed by atoms with Gasteiger partial charge in [0.25, 0.3) is 5.56 Å². The first-order valence-corrected chi connectivity index (χ1v) is 11.0. The summed E-state index contributed by atoms with van der Waals surface area (Å²) in [5, 5.41) is 5.95. The number of aromatic nitrogens is 2. The highest BCUT2D eigenvalue weighted by molar-refractivity contribution is 7.18. The van der Waals surface area contributed by atoms with Gasteiger partial charge in [0, 0.05) is 17.0 Å². The normalized spacial score (nSPS) is 12.9. The Bertz CT molecular complexity index is 1180. The quantitative estimate of drug-likeness (QED) is 0.583. The molecule has 0 radical (unpaired) electrons. The van der Waals surface area contributed by atoms with Crippen molar-refractivity contribution < 1.29 is 14.3 Å². The molecule has 0 atom stereocenters. The van der Waals surface area contributed by atoms with Gasteiger partial charge < -0.3 is 15.4 Å². The molecule has 162 valence electrons. The Morgan fingerprint density at radius 3 is 2.81 bits per heavy atom. The fourth-order valence-electron chi connectivity index (χ4n) is 3.79. The molecule has 31 heavy (non-hydrogen) atoms. The Labute approximate surface area is 183 Å². The molecule has 1 aromatic carbocycles. The van der Waals surface area contributed by atoms with Crippen LogP contribution in [0.5, 0.6) is 5.75 Å². The van der Waals surface area contributed by atoms with Gasteiger partial charge in [0.05, 0.1) is 25.4 Å². The zero-order valence-electron chi connectivity index (χ0n) is 17.3. The molecule has 0 spiro atoms. The third-order valence-corrected chi connectivity index (χ3v) is 6.57. The van der Waals surface area contributed by atoms with E-state index in [4.69, 9.17) is 4.74 Å². The number of amides is 2. The average Bonchev–Trinajstić information content (AvgIpc) is 3.17. The lowest BCUT2D eigenvalue weighted by atomic mass is 9.97. The summed E-state index contributed by atoms with van der Waals surface area (Å²) >= 11 is 1.57. The molecule has 0 bridgehead atoms. The molecule has 2 N–H and O–H groups in total. The number of carbonyl (C=O) groups excluding carboxylic acids is 2. The molecule has 0 aliphatic heterocycles. The molecule has 2 heterocycles. The van der Waals surface area contributed by atoms with Gasteiger partial charge in [-0.05, 0) is 37.3 Å². The summed E-state index contributed by atoms with van der Waals surface area (Å²) in [4.78, 5) is 43.7. The number of nitrogens with one attached hydrogen (secondary N) is 2. The van der Waals surface area contributed by atoms with Gasteiger partial charge in [0.15, 0.2) is 0 Å². The summed E-state index contributed by atoms with van der Waals surface area (Å²) in [7, 11) is 1.57. The first kappa shape index (κ1) is 21.0. The van der Waals surface area contributed by atoms with E-state index in [1.54, 1.807) is 18.4 Å². The molecule has 0 saturated heterocycles. The highest BCUT2D eigenvalue weighted by atomic mass is 32.1. The van der Waals surface area contributed by atoms with Gasteiger partial charge in [-0.1, -0.05) is 18.2 Å². The van der Waals surface area contributed by atoms with Gasteiger partial charge in [-0.25, -0.2) is 4.98 Å². The number of hydrogen-bond donors (Lipinski definition) is 2. The number of hydrogen-bond acceptors (Lipinski definition) is 6. The van der Waals surface area contributed by atoms with E-state index in [0.29, 0.717) is 17.7 Å². The van der Waals surface area contributed by atoms with E-state index in [1.807, 2.05) is 24.3 Å². The molecule has 1 aliphatic rings. The van der Waals surface area contributed by atoms with Crippen molar-refractivity contribution >= 4 is 33.4 Å². The molecule has 4 rings (SSSR count). The lowest BCUT2D eigenvalue weighted by Gasteiger charge is -2.11.